The average Bonchev–Trinajstić information content (AvgIpc) is 3.27. The molecule has 0 atom stereocenters. The van der Waals surface area contributed by atoms with Gasteiger partial charge < -0.3 is 10.1 Å². The lowest BCUT2D eigenvalue weighted by atomic mass is 10.1. The number of benzene rings is 3. The highest BCUT2D eigenvalue weighted by Gasteiger charge is 2.11. The zero-order valence-electron chi connectivity index (χ0n) is 18.3. The van der Waals surface area contributed by atoms with Crippen LogP contribution in [0.3, 0.4) is 0 Å². The normalized spacial score (nSPS) is 10.7. The van der Waals surface area contributed by atoms with Crippen LogP contribution >= 0.6 is 11.3 Å². The van der Waals surface area contributed by atoms with Gasteiger partial charge >= 0.3 is 0 Å². The molecule has 5 rings (SSSR count). The minimum atomic E-state index is 0.691. The monoisotopic (exact) mass is 450 g/mol. The van der Waals surface area contributed by atoms with E-state index < -0.39 is 0 Å². The molecule has 0 bridgehead atoms. The molecule has 2 aromatic heterocycles. The van der Waals surface area contributed by atoms with E-state index in [9.17, 15) is 0 Å². The lowest BCUT2D eigenvalue weighted by molar-refractivity contribution is 0.415. The van der Waals surface area contributed by atoms with E-state index >= 15 is 0 Å². The second kappa shape index (κ2) is 9.22. The molecular formula is C27H22N4OS. The number of hydrogen-bond donors (Lipinski definition) is 1. The van der Waals surface area contributed by atoms with Crippen molar-refractivity contribution in [3.63, 3.8) is 0 Å². The number of anilines is 2. The second-order valence-corrected chi connectivity index (χ2v) is 8.73. The molecule has 2 heterocycles. The highest BCUT2D eigenvalue weighted by atomic mass is 32.1. The zero-order chi connectivity index (χ0) is 22.6. The van der Waals surface area contributed by atoms with Crippen LogP contribution in [0.1, 0.15) is 4.88 Å². The Morgan fingerprint density at radius 1 is 0.727 bits per heavy atom. The van der Waals surface area contributed by atoms with Crippen molar-refractivity contribution in [3.05, 3.63) is 95.9 Å². The van der Waals surface area contributed by atoms with Gasteiger partial charge in [-0.2, -0.15) is 0 Å². The molecule has 162 valence electrons. The van der Waals surface area contributed by atoms with Gasteiger partial charge in [-0.1, -0.05) is 42.5 Å². The summed E-state index contributed by atoms with van der Waals surface area (Å²) < 4.78 is 5.21. The number of ether oxygens (including phenoxy) is 1. The van der Waals surface area contributed by atoms with Crippen molar-refractivity contribution in [2.45, 2.75) is 6.92 Å². The molecule has 0 spiro atoms. The predicted molar refractivity (Wildman–Crippen MR) is 135 cm³/mol. The van der Waals surface area contributed by atoms with Crippen molar-refractivity contribution in [3.8, 4) is 38.8 Å². The third kappa shape index (κ3) is 4.61. The van der Waals surface area contributed by atoms with Crippen LogP contribution in [0, 0.1) is 6.92 Å². The smallest absolute Gasteiger partial charge is 0.153 e. The van der Waals surface area contributed by atoms with Crippen LogP contribution in [0.2, 0.25) is 0 Å². The first-order valence-corrected chi connectivity index (χ1v) is 11.4. The van der Waals surface area contributed by atoms with Gasteiger partial charge in [0.25, 0.3) is 0 Å². The SMILES string of the molecule is COc1ccc(-c2ccc(Nc3ccc(-c4nc(-c5ccccc5)sc4C)cc3)nn2)cc1. The summed E-state index contributed by atoms with van der Waals surface area (Å²) >= 11 is 1.72. The van der Waals surface area contributed by atoms with E-state index in [1.54, 1.807) is 18.4 Å². The van der Waals surface area contributed by atoms with Gasteiger partial charge in [-0.15, -0.1) is 21.5 Å². The van der Waals surface area contributed by atoms with Crippen LogP contribution in [0.5, 0.6) is 5.75 Å². The molecule has 5 nitrogen and oxygen atoms in total. The van der Waals surface area contributed by atoms with Gasteiger partial charge in [-0.25, -0.2) is 4.98 Å². The maximum atomic E-state index is 5.21. The molecule has 0 aliphatic heterocycles. The molecule has 5 aromatic rings. The topological polar surface area (TPSA) is 59.9 Å². The summed E-state index contributed by atoms with van der Waals surface area (Å²) in [6, 6.07) is 30.2. The van der Waals surface area contributed by atoms with Crippen molar-refractivity contribution in [1.82, 2.24) is 15.2 Å². The first kappa shape index (κ1) is 20.8. The van der Waals surface area contributed by atoms with Gasteiger partial charge in [-0.05, 0) is 55.5 Å². The molecule has 3 aromatic carbocycles. The average molecular weight is 451 g/mol. The van der Waals surface area contributed by atoms with Crippen LogP contribution in [-0.4, -0.2) is 22.3 Å². The van der Waals surface area contributed by atoms with Crippen LogP contribution < -0.4 is 10.1 Å². The minimum absolute atomic E-state index is 0.691. The Hall–Kier alpha value is -4.03. The van der Waals surface area contributed by atoms with E-state index in [0.717, 1.165) is 44.5 Å². The molecule has 0 aliphatic carbocycles. The van der Waals surface area contributed by atoms with Gasteiger partial charge in [0.1, 0.15) is 10.8 Å². The maximum absolute atomic E-state index is 5.21. The number of nitrogens with one attached hydrogen (secondary N) is 1. The first-order valence-electron chi connectivity index (χ1n) is 10.6. The molecule has 0 aliphatic rings. The Kier molecular flexibility index (Phi) is 5.83. The van der Waals surface area contributed by atoms with Gasteiger partial charge in [0, 0.05) is 27.3 Å². The summed E-state index contributed by atoms with van der Waals surface area (Å²) in [6.07, 6.45) is 0. The fourth-order valence-electron chi connectivity index (χ4n) is 3.54. The molecule has 1 N–H and O–H groups in total. The van der Waals surface area contributed by atoms with Crippen molar-refractivity contribution in [2.75, 3.05) is 12.4 Å². The van der Waals surface area contributed by atoms with E-state index in [2.05, 4.69) is 46.7 Å². The number of rotatable bonds is 6. The van der Waals surface area contributed by atoms with Crippen LogP contribution in [0.15, 0.2) is 91.0 Å². The lowest BCUT2D eigenvalue weighted by Crippen LogP contribution is -1.96. The second-order valence-electron chi connectivity index (χ2n) is 7.52. The van der Waals surface area contributed by atoms with E-state index in [1.807, 2.05) is 66.7 Å². The highest BCUT2D eigenvalue weighted by Crippen LogP contribution is 2.33. The summed E-state index contributed by atoms with van der Waals surface area (Å²) in [5.41, 5.74) is 6.01. The van der Waals surface area contributed by atoms with Crippen LogP contribution in [-0.2, 0) is 0 Å². The Morgan fingerprint density at radius 3 is 2.12 bits per heavy atom. The minimum Gasteiger partial charge on any atom is -0.497 e. The molecule has 0 unspecified atom stereocenters. The summed E-state index contributed by atoms with van der Waals surface area (Å²) in [5, 5.41) is 13.0. The van der Waals surface area contributed by atoms with E-state index in [-0.39, 0.29) is 0 Å². The highest BCUT2D eigenvalue weighted by molar-refractivity contribution is 7.15. The third-order valence-corrected chi connectivity index (χ3v) is 6.32. The summed E-state index contributed by atoms with van der Waals surface area (Å²) in [4.78, 5) is 6.08. The van der Waals surface area contributed by atoms with Gasteiger partial charge in [0.2, 0.25) is 0 Å². The summed E-state index contributed by atoms with van der Waals surface area (Å²) in [7, 11) is 1.65. The van der Waals surface area contributed by atoms with Gasteiger partial charge in [-0.3, -0.25) is 0 Å². The zero-order valence-corrected chi connectivity index (χ0v) is 19.1. The van der Waals surface area contributed by atoms with E-state index in [4.69, 9.17) is 9.72 Å². The quantitative estimate of drug-likeness (QED) is 0.302. The molecule has 0 saturated carbocycles. The fraction of sp³-hybridized carbons (Fsp3) is 0.0741. The Morgan fingerprint density at radius 2 is 1.45 bits per heavy atom. The van der Waals surface area contributed by atoms with Crippen molar-refractivity contribution >= 4 is 22.8 Å². The fourth-order valence-corrected chi connectivity index (χ4v) is 4.48. The molecule has 0 saturated heterocycles. The van der Waals surface area contributed by atoms with Crippen LogP contribution in [0.25, 0.3) is 33.1 Å². The first-order chi connectivity index (χ1) is 16.2. The maximum Gasteiger partial charge on any atom is 0.153 e. The molecular weight excluding hydrogens is 428 g/mol. The van der Waals surface area contributed by atoms with Crippen molar-refractivity contribution in [1.29, 1.82) is 0 Å². The van der Waals surface area contributed by atoms with Gasteiger partial charge in [0.05, 0.1) is 18.5 Å². The predicted octanol–water partition coefficient (Wildman–Crippen LogP) is 6.99. The number of nitrogens with zero attached hydrogens (tertiary/aromatic N) is 3. The third-order valence-electron chi connectivity index (χ3n) is 5.30. The number of thiazole rings is 1. The van der Waals surface area contributed by atoms with E-state index in [1.165, 1.54) is 4.88 Å². The van der Waals surface area contributed by atoms with Crippen molar-refractivity contribution < 1.29 is 4.74 Å². The standard InChI is InChI=1S/C27H22N4OS/c1-18-26(29-27(33-18)21-6-4-3-5-7-21)20-8-12-22(13-9-20)28-25-17-16-24(30-31-25)19-10-14-23(32-2)15-11-19/h3-17H,1-2H3,(H,28,31). The molecule has 0 radical (unpaired) electrons. The van der Waals surface area contributed by atoms with Crippen LogP contribution in [0.4, 0.5) is 11.5 Å². The van der Waals surface area contributed by atoms with Crippen molar-refractivity contribution in [2.24, 2.45) is 0 Å². The molecule has 33 heavy (non-hydrogen) atoms. The Bertz CT molecular complexity index is 1350. The molecule has 0 fully saturated rings. The number of aryl methyl sites for hydroxylation is 1. The number of methoxy groups -OCH3 is 1. The lowest BCUT2D eigenvalue weighted by Gasteiger charge is -2.07. The number of hydrogen-bond acceptors (Lipinski definition) is 6. The number of aromatic nitrogens is 3. The largest absolute Gasteiger partial charge is 0.497 e. The molecule has 6 heteroatoms. The Balaban J connectivity index is 1.30. The van der Waals surface area contributed by atoms with E-state index in [0.29, 0.717) is 5.82 Å². The summed E-state index contributed by atoms with van der Waals surface area (Å²) in [6.45, 7) is 2.12. The Labute approximate surface area is 196 Å². The van der Waals surface area contributed by atoms with Gasteiger partial charge in [0.15, 0.2) is 5.82 Å². The summed E-state index contributed by atoms with van der Waals surface area (Å²) in [5.74, 6) is 1.51. The molecule has 0 amide bonds.